The number of pyridine rings is 1. The molecule has 5 rings (SSSR count). The zero-order chi connectivity index (χ0) is 19.4. The van der Waals surface area contributed by atoms with E-state index in [0.717, 1.165) is 12.1 Å². The van der Waals surface area contributed by atoms with Crippen molar-refractivity contribution in [1.82, 2.24) is 9.47 Å². The summed E-state index contributed by atoms with van der Waals surface area (Å²) in [5, 5.41) is 19.9. The van der Waals surface area contributed by atoms with Gasteiger partial charge in [-0.05, 0) is 42.7 Å². The highest BCUT2D eigenvalue weighted by Crippen LogP contribution is 2.37. The minimum absolute atomic E-state index is 0.00556. The molecule has 9 nitrogen and oxygen atoms in total. The minimum atomic E-state index is -0.500. The van der Waals surface area contributed by atoms with Crippen molar-refractivity contribution in [3.05, 3.63) is 57.2 Å². The first kappa shape index (κ1) is 17.1. The van der Waals surface area contributed by atoms with E-state index >= 15 is 0 Å². The quantitative estimate of drug-likeness (QED) is 0.783. The second kappa shape index (κ2) is 6.25. The summed E-state index contributed by atoms with van der Waals surface area (Å²) in [4.78, 5) is 27.3. The van der Waals surface area contributed by atoms with Gasteiger partial charge in [-0.2, -0.15) is 0 Å². The van der Waals surface area contributed by atoms with Crippen molar-refractivity contribution in [2.24, 2.45) is 5.92 Å². The lowest BCUT2D eigenvalue weighted by Gasteiger charge is -2.43. The maximum absolute atomic E-state index is 13.0. The molecular formula is C19H18N3O6-. The van der Waals surface area contributed by atoms with Crippen LogP contribution in [0.5, 0.6) is 11.5 Å². The third-order valence-corrected chi connectivity index (χ3v) is 5.70. The van der Waals surface area contributed by atoms with Crippen LogP contribution in [-0.2, 0) is 6.54 Å². The smallest absolute Gasteiger partial charge is 0.275 e. The van der Waals surface area contributed by atoms with Crippen molar-refractivity contribution in [3.63, 3.8) is 0 Å². The maximum Gasteiger partial charge on any atom is 0.275 e. The number of rotatable bonds is 2. The van der Waals surface area contributed by atoms with Gasteiger partial charge in [0, 0.05) is 36.8 Å². The Bertz CT molecular complexity index is 1020. The largest absolute Gasteiger partial charge is 0.733 e. The van der Waals surface area contributed by atoms with E-state index in [1.54, 1.807) is 28.8 Å². The summed E-state index contributed by atoms with van der Waals surface area (Å²) in [5.74, 6) is 1.23. The minimum Gasteiger partial charge on any atom is -0.733 e. The predicted octanol–water partition coefficient (Wildman–Crippen LogP) is 1.53. The molecule has 1 N–H and O–H groups in total. The fourth-order valence-corrected chi connectivity index (χ4v) is 4.46. The molecule has 0 spiro atoms. The molecule has 2 atom stereocenters. The Hall–Kier alpha value is -3.04. The van der Waals surface area contributed by atoms with Gasteiger partial charge < -0.3 is 29.4 Å². The lowest BCUT2D eigenvalue weighted by Crippen LogP contribution is -2.49. The molecule has 1 aromatic carbocycles. The number of carbonyl (C=O) groups excluding carboxylic acids is 1. The average molecular weight is 384 g/mol. The number of aromatic nitrogens is 1. The Morgan fingerprint density at radius 2 is 1.96 bits per heavy atom. The van der Waals surface area contributed by atoms with Crippen molar-refractivity contribution in [2.45, 2.75) is 18.9 Å². The highest BCUT2D eigenvalue weighted by molar-refractivity contribution is 5.95. The highest BCUT2D eigenvalue weighted by atomic mass is 16.8. The molecule has 2 aromatic rings. The third kappa shape index (κ3) is 2.62. The first-order valence-corrected chi connectivity index (χ1v) is 9.10. The van der Waals surface area contributed by atoms with Gasteiger partial charge >= 0.3 is 0 Å². The number of fused-ring (bicyclic) bond motifs is 5. The standard InChI is InChI=1S/C19H18N3O6/c23-18(12-1-4-16-17(6-12)28-10-27-16)20-7-11-5-13(9-20)14-2-3-15(22(25)26)19(24)21(14)8-11/h1-4,6,11,13,25H,5,7-10H2/q-1/t11-,13+/m0/s1. The predicted molar refractivity (Wildman–Crippen MR) is 97.7 cm³/mol. The maximum atomic E-state index is 13.0. The average Bonchev–Trinajstić information content (AvgIpc) is 3.15. The SMILES string of the molecule is O=C(c1ccc2c(c1)OCO2)N1C[C@@H]2C[C@H](C1)c1ccc(N([O-])O)c(=O)n1C2. The Balaban J connectivity index is 1.43. The van der Waals surface area contributed by atoms with Gasteiger partial charge in [0.1, 0.15) is 5.69 Å². The van der Waals surface area contributed by atoms with Crippen LogP contribution in [0.15, 0.2) is 35.1 Å². The second-order valence-electron chi connectivity index (χ2n) is 7.41. The molecule has 146 valence electrons. The topological polar surface area (TPSA) is 107 Å². The number of piperidine rings is 1. The van der Waals surface area contributed by atoms with Crippen LogP contribution in [0.25, 0.3) is 0 Å². The monoisotopic (exact) mass is 384 g/mol. The lowest BCUT2D eigenvalue weighted by atomic mass is 9.83. The Morgan fingerprint density at radius 1 is 1.14 bits per heavy atom. The van der Waals surface area contributed by atoms with Crippen LogP contribution >= 0.6 is 0 Å². The van der Waals surface area contributed by atoms with Crippen molar-refractivity contribution in [1.29, 1.82) is 0 Å². The van der Waals surface area contributed by atoms with E-state index in [-0.39, 0.29) is 30.2 Å². The van der Waals surface area contributed by atoms with Gasteiger partial charge in [0.25, 0.3) is 11.5 Å². The van der Waals surface area contributed by atoms with E-state index in [1.165, 1.54) is 6.07 Å². The van der Waals surface area contributed by atoms with E-state index in [4.69, 9.17) is 14.7 Å². The van der Waals surface area contributed by atoms with Crippen LogP contribution < -0.4 is 20.3 Å². The van der Waals surface area contributed by atoms with Crippen LogP contribution in [0.2, 0.25) is 0 Å². The molecule has 1 saturated heterocycles. The number of ether oxygens (including phenoxy) is 2. The molecule has 1 fully saturated rings. The molecule has 2 bridgehead atoms. The summed E-state index contributed by atoms with van der Waals surface area (Å²) in [5.41, 5.74) is 0.534. The molecule has 0 aliphatic carbocycles. The van der Waals surface area contributed by atoms with Crippen LogP contribution in [0, 0.1) is 11.1 Å². The van der Waals surface area contributed by atoms with Gasteiger partial charge in [-0.25, -0.2) is 0 Å². The molecular weight excluding hydrogens is 366 g/mol. The fourth-order valence-electron chi connectivity index (χ4n) is 4.46. The number of likely N-dealkylation sites (tertiary alicyclic amines) is 1. The molecule has 0 radical (unpaired) electrons. The number of benzene rings is 1. The summed E-state index contributed by atoms with van der Waals surface area (Å²) in [6.07, 6.45) is 0.879. The van der Waals surface area contributed by atoms with Crippen LogP contribution in [0.3, 0.4) is 0 Å². The molecule has 3 aliphatic heterocycles. The van der Waals surface area contributed by atoms with Gasteiger partial charge in [-0.3, -0.25) is 14.8 Å². The molecule has 28 heavy (non-hydrogen) atoms. The second-order valence-corrected chi connectivity index (χ2v) is 7.41. The van der Waals surface area contributed by atoms with Gasteiger partial charge in [-0.15, -0.1) is 0 Å². The molecule has 3 aliphatic rings. The third-order valence-electron chi connectivity index (χ3n) is 5.70. The van der Waals surface area contributed by atoms with E-state index in [9.17, 15) is 14.8 Å². The van der Waals surface area contributed by atoms with Crippen LogP contribution in [-0.4, -0.2) is 40.5 Å². The van der Waals surface area contributed by atoms with Gasteiger partial charge in [-0.1, -0.05) is 0 Å². The summed E-state index contributed by atoms with van der Waals surface area (Å²) < 4.78 is 12.2. The summed E-state index contributed by atoms with van der Waals surface area (Å²) in [7, 11) is 0. The number of anilines is 1. The van der Waals surface area contributed by atoms with Crippen molar-refractivity contribution in [3.8, 4) is 11.5 Å². The summed E-state index contributed by atoms with van der Waals surface area (Å²) in [6, 6.07) is 8.19. The van der Waals surface area contributed by atoms with Gasteiger partial charge in [0.2, 0.25) is 6.79 Å². The van der Waals surface area contributed by atoms with Crippen molar-refractivity contribution >= 4 is 11.6 Å². The number of carbonyl (C=O) groups is 1. The van der Waals surface area contributed by atoms with Crippen molar-refractivity contribution < 1.29 is 19.5 Å². The van der Waals surface area contributed by atoms with Gasteiger partial charge in [0.15, 0.2) is 11.5 Å². The number of nitrogens with zero attached hydrogens (tertiary/aromatic N) is 3. The van der Waals surface area contributed by atoms with E-state index in [0.29, 0.717) is 36.7 Å². The Morgan fingerprint density at radius 3 is 2.79 bits per heavy atom. The normalized spacial score (nSPS) is 22.0. The van der Waals surface area contributed by atoms with Crippen LogP contribution in [0.1, 0.15) is 28.4 Å². The Labute approximate surface area is 159 Å². The lowest BCUT2D eigenvalue weighted by molar-refractivity contribution is 0.0594. The zero-order valence-corrected chi connectivity index (χ0v) is 14.9. The highest BCUT2D eigenvalue weighted by Gasteiger charge is 2.37. The van der Waals surface area contributed by atoms with E-state index < -0.39 is 10.8 Å². The first-order chi connectivity index (χ1) is 13.5. The molecule has 9 heteroatoms. The zero-order valence-electron chi connectivity index (χ0n) is 14.9. The van der Waals surface area contributed by atoms with Crippen molar-refractivity contribution in [2.75, 3.05) is 25.1 Å². The van der Waals surface area contributed by atoms with E-state index in [1.807, 2.05) is 4.90 Å². The molecule has 1 aromatic heterocycles. The van der Waals surface area contributed by atoms with E-state index in [2.05, 4.69) is 0 Å². The summed E-state index contributed by atoms with van der Waals surface area (Å²) >= 11 is 0. The Kier molecular flexibility index (Phi) is 3.81. The molecule has 0 saturated carbocycles. The van der Waals surface area contributed by atoms with Gasteiger partial charge in [0.05, 0.1) is 0 Å². The fraction of sp³-hybridized carbons (Fsp3) is 0.368. The van der Waals surface area contributed by atoms with Crippen LogP contribution in [0.4, 0.5) is 5.69 Å². The number of amides is 1. The molecule has 0 unspecified atom stereocenters. The molecule has 1 amide bonds. The summed E-state index contributed by atoms with van der Waals surface area (Å²) in [6.45, 7) is 1.59. The first-order valence-electron chi connectivity index (χ1n) is 9.10. The molecule has 4 heterocycles. The number of hydrogen-bond acceptors (Lipinski definition) is 7. The number of hydrogen-bond donors (Lipinski definition) is 1.